The summed E-state index contributed by atoms with van der Waals surface area (Å²) in [5.74, 6) is -0.354. The van der Waals surface area contributed by atoms with Gasteiger partial charge in [0.25, 0.3) is 5.91 Å². The van der Waals surface area contributed by atoms with E-state index in [4.69, 9.17) is 4.74 Å². The summed E-state index contributed by atoms with van der Waals surface area (Å²) in [6.45, 7) is 3.56. The second-order valence-electron chi connectivity index (χ2n) is 5.73. The SMILES string of the molecule is CCN1CC(NS(=O)(=O)c2ccc(C(=O)NCCOC)cc2)CC1=O. The lowest BCUT2D eigenvalue weighted by Crippen LogP contribution is -2.37. The maximum Gasteiger partial charge on any atom is 0.251 e. The number of benzene rings is 1. The fourth-order valence-electron chi connectivity index (χ4n) is 2.60. The van der Waals surface area contributed by atoms with Gasteiger partial charge in [-0.05, 0) is 31.2 Å². The first-order valence-electron chi connectivity index (χ1n) is 8.04. The van der Waals surface area contributed by atoms with Crippen LogP contribution in [0.4, 0.5) is 0 Å². The molecule has 25 heavy (non-hydrogen) atoms. The molecule has 1 aliphatic rings. The number of amides is 2. The van der Waals surface area contributed by atoms with E-state index in [-0.39, 0.29) is 23.1 Å². The van der Waals surface area contributed by atoms with Gasteiger partial charge < -0.3 is 15.0 Å². The summed E-state index contributed by atoms with van der Waals surface area (Å²) in [7, 11) is -2.20. The lowest BCUT2D eigenvalue weighted by Gasteiger charge is -2.15. The highest BCUT2D eigenvalue weighted by molar-refractivity contribution is 7.89. The van der Waals surface area contributed by atoms with Gasteiger partial charge in [0.15, 0.2) is 0 Å². The van der Waals surface area contributed by atoms with Crippen molar-refractivity contribution < 1.29 is 22.7 Å². The number of nitrogens with zero attached hydrogens (tertiary/aromatic N) is 1. The van der Waals surface area contributed by atoms with Gasteiger partial charge in [0, 0.05) is 44.8 Å². The lowest BCUT2D eigenvalue weighted by molar-refractivity contribution is -0.127. The monoisotopic (exact) mass is 369 g/mol. The number of hydrogen-bond donors (Lipinski definition) is 2. The van der Waals surface area contributed by atoms with Gasteiger partial charge in [0.05, 0.1) is 11.5 Å². The summed E-state index contributed by atoms with van der Waals surface area (Å²) in [5, 5.41) is 2.66. The van der Waals surface area contributed by atoms with E-state index < -0.39 is 16.1 Å². The Labute approximate surface area is 147 Å². The van der Waals surface area contributed by atoms with Gasteiger partial charge in [-0.3, -0.25) is 9.59 Å². The minimum atomic E-state index is -3.74. The molecule has 8 nitrogen and oxygen atoms in total. The van der Waals surface area contributed by atoms with Gasteiger partial charge in [-0.25, -0.2) is 13.1 Å². The van der Waals surface area contributed by atoms with E-state index in [1.807, 2.05) is 6.92 Å². The first-order chi connectivity index (χ1) is 11.9. The molecule has 0 saturated carbocycles. The van der Waals surface area contributed by atoms with Crippen molar-refractivity contribution in [2.24, 2.45) is 0 Å². The van der Waals surface area contributed by atoms with Crippen molar-refractivity contribution in [3.63, 3.8) is 0 Å². The van der Waals surface area contributed by atoms with Crippen molar-refractivity contribution in [2.45, 2.75) is 24.3 Å². The van der Waals surface area contributed by atoms with Crippen LogP contribution in [0.15, 0.2) is 29.2 Å². The summed E-state index contributed by atoms with van der Waals surface area (Å²) in [6, 6.07) is 5.22. The molecule has 1 aliphatic heterocycles. The second kappa shape index (κ2) is 8.41. The third-order valence-corrected chi connectivity index (χ3v) is 5.47. The first kappa shape index (κ1) is 19.4. The molecule has 0 spiro atoms. The van der Waals surface area contributed by atoms with E-state index in [1.165, 1.54) is 31.4 Å². The van der Waals surface area contributed by atoms with Gasteiger partial charge in [0.1, 0.15) is 0 Å². The Morgan fingerprint density at radius 2 is 2.00 bits per heavy atom. The zero-order valence-corrected chi connectivity index (χ0v) is 15.1. The number of sulfonamides is 1. The molecule has 2 N–H and O–H groups in total. The number of carbonyl (C=O) groups is 2. The fourth-order valence-corrected chi connectivity index (χ4v) is 3.83. The molecule has 1 saturated heterocycles. The summed E-state index contributed by atoms with van der Waals surface area (Å²) < 4.78 is 32.2. The van der Waals surface area contributed by atoms with Crippen LogP contribution in [-0.2, 0) is 19.6 Å². The molecule has 1 fully saturated rings. The van der Waals surface area contributed by atoms with Gasteiger partial charge in [-0.2, -0.15) is 0 Å². The highest BCUT2D eigenvalue weighted by atomic mass is 32.2. The van der Waals surface area contributed by atoms with Crippen molar-refractivity contribution in [3.8, 4) is 0 Å². The fraction of sp³-hybridized carbons (Fsp3) is 0.500. The standard InChI is InChI=1S/C16H23N3O5S/c1-3-19-11-13(10-15(19)20)18-25(22,23)14-6-4-12(5-7-14)16(21)17-8-9-24-2/h4-7,13,18H,3,8-11H2,1-2H3,(H,17,21). The van der Waals surface area contributed by atoms with Crippen molar-refractivity contribution in [3.05, 3.63) is 29.8 Å². The zero-order chi connectivity index (χ0) is 18.4. The Balaban J connectivity index is 2.00. The molecule has 0 aliphatic carbocycles. The van der Waals surface area contributed by atoms with E-state index in [0.29, 0.717) is 31.8 Å². The Kier molecular flexibility index (Phi) is 6.51. The third kappa shape index (κ3) is 5.00. The number of carbonyl (C=O) groups excluding carboxylic acids is 2. The smallest absolute Gasteiger partial charge is 0.251 e. The molecule has 1 unspecified atom stereocenters. The van der Waals surface area contributed by atoms with E-state index in [9.17, 15) is 18.0 Å². The first-order valence-corrected chi connectivity index (χ1v) is 9.53. The molecular formula is C16H23N3O5S. The molecule has 2 rings (SSSR count). The molecule has 138 valence electrons. The largest absolute Gasteiger partial charge is 0.383 e. The van der Waals surface area contributed by atoms with Crippen LogP contribution in [-0.4, -0.2) is 64.5 Å². The molecule has 2 amide bonds. The van der Waals surface area contributed by atoms with E-state index >= 15 is 0 Å². The summed E-state index contributed by atoms with van der Waals surface area (Å²) in [4.78, 5) is 25.3. The van der Waals surface area contributed by atoms with Crippen molar-refractivity contribution in [2.75, 3.05) is 33.4 Å². The maximum atomic E-state index is 12.4. The number of nitrogens with one attached hydrogen (secondary N) is 2. The maximum absolute atomic E-state index is 12.4. The summed E-state index contributed by atoms with van der Waals surface area (Å²) in [5.41, 5.74) is 0.364. The third-order valence-electron chi connectivity index (χ3n) is 3.94. The van der Waals surface area contributed by atoms with Gasteiger partial charge in [-0.15, -0.1) is 0 Å². The Bertz CT molecular complexity index is 718. The number of likely N-dealkylation sites (N-methyl/N-ethyl adjacent to an activating group) is 1. The Morgan fingerprint density at radius 3 is 2.56 bits per heavy atom. The number of ether oxygens (including phenoxy) is 1. The second-order valence-corrected chi connectivity index (χ2v) is 7.44. The Morgan fingerprint density at radius 1 is 1.32 bits per heavy atom. The molecule has 1 aromatic rings. The molecule has 1 atom stereocenters. The topological polar surface area (TPSA) is 105 Å². The average molecular weight is 369 g/mol. The van der Waals surface area contributed by atoms with Gasteiger partial charge in [0.2, 0.25) is 15.9 Å². The number of methoxy groups -OCH3 is 1. The minimum Gasteiger partial charge on any atom is -0.383 e. The van der Waals surface area contributed by atoms with Crippen LogP contribution in [0, 0.1) is 0 Å². The molecule has 0 bridgehead atoms. The molecule has 1 heterocycles. The van der Waals surface area contributed by atoms with Crippen LogP contribution < -0.4 is 10.0 Å². The van der Waals surface area contributed by atoms with Crippen LogP contribution >= 0.6 is 0 Å². The summed E-state index contributed by atoms with van der Waals surface area (Å²) in [6.07, 6.45) is 0.160. The zero-order valence-electron chi connectivity index (χ0n) is 14.3. The van der Waals surface area contributed by atoms with Crippen LogP contribution in [0.25, 0.3) is 0 Å². The predicted molar refractivity (Wildman–Crippen MR) is 91.6 cm³/mol. The number of rotatable bonds is 8. The van der Waals surface area contributed by atoms with Crippen LogP contribution in [0.2, 0.25) is 0 Å². The average Bonchev–Trinajstić information content (AvgIpc) is 2.93. The van der Waals surface area contributed by atoms with Crippen molar-refractivity contribution in [1.29, 1.82) is 0 Å². The van der Waals surface area contributed by atoms with Crippen molar-refractivity contribution >= 4 is 21.8 Å². The van der Waals surface area contributed by atoms with Gasteiger partial charge >= 0.3 is 0 Å². The number of hydrogen-bond acceptors (Lipinski definition) is 5. The predicted octanol–water partition coefficient (Wildman–Crippen LogP) is -0.0381. The van der Waals surface area contributed by atoms with E-state index in [2.05, 4.69) is 10.0 Å². The van der Waals surface area contributed by atoms with Gasteiger partial charge in [-0.1, -0.05) is 0 Å². The van der Waals surface area contributed by atoms with E-state index in [1.54, 1.807) is 4.90 Å². The van der Waals surface area contributed by atoms with Crippen LogP contribution in [0.5, 0.6) is 0 Å². The number of likely N-dealkylation sites (tertiary alicyclic amines) is 1. The minimum absolute atomic E-state index is 0.0572. The van der Waals surface area contributed by atoms with Crippen molar-refractivity contribution in [1.82, 2.24) is 14.9 Å². The normalized spacial score (nSPS) is 17.8. The quantitative estimate of drug-likeness (QED) is 0.626. The highest BCUT2D eigenvalue weighted by Gasteiger charge is 2.31. The summed E-state index contributed by atoms with van der Waals surface area (Å²) >= 11 is 0. The molecular weight excluding hydrogens is 346 g/mol. The van der Waals surface area contributed by atoms with E-state index in [0.717, 1.165) is 0 Å². The van der Waals surface area contributed by atoms with Crippen LogP contribution in [0.1, 0.15) is 23.7 Å². The molecule has 0 aromatic heterocycles. The van der Waals surface area contributed by atoms with Crippen LogP contribution in [0.3, 0.4) is 0 Å². The molecule has 9 heteroatoms. The molecule has 0 radical (unpaired) electrons. The lowest BCUT2D eigenvalue weighted by atomic mass is 10.2. The highest BCUT2D eigenvalue weighted by Crippen LogP contribution is 2.16. The Hall–Kier alpha value is -1.97. The molecule has 1 aromatic carbocycles.